The van der Waals surface area contributed by atoms with Crippen LogP contribution in [0.5, 0.6) is 0 Å². The Bertz CT molecular complexity index is 387. The molecule has 0 bridgehead atoms. The van der Waals surface area contributed by atoms with Crippen LogP contribution in [-0.2, 0) is 14.4 Å². The first-order valence-corrected chi connectivity index (χ1v) is 7.92. The number of carboxylic acids is 1. The Balaban J connectivity index is 2.68. The molecule has 2 amide bonds. The average molecular weight is 302 g/mol. The fourth-order valence-corrected chi connectivity index (χ4v) is 3.25. The number of carbonyl (C=O) groups is 3. The number of carboxylic acid groups (broad SMARTS) is 1. The summed E-state index contributed by atoms with van der Waals surface area (Å²) >= 11 is 1.51. The molecule has 114 valence electrons. The summed E-state index contributed by atoms with van der Waals surface area (Å²) in [6.45, 7) is 5.56. The third kappa shape index (κ3) is 4.40. The Morgan fingerprint density at radius 2 is 2.05 bits per heavy atom. The Labute approximate surface area is 123 Å². The SMILES string of the molecule is CCC(=O)N1CSCC1C(=O)NC(CC(C)C)C(=O)O. The maximum atomic E-state index is 12.2. The summed E-state index contributed by atoms with van der Waals surface area (Å²) in [5.41, 5.74) is 0. The van der Waals surface area contributed by atoms with Crippen LogP contribution in [0.1, 0.15) is 33.6 Å². The van der Waals surface area contributed by atoms with Crippen LogP contribution < -0.4 is 5.32 Å². The van der Waals surface area contributed by atoms with Gasteiger partial charge < -0.3 is 15.3 Å². The number of carbonyl (C=O) groups excluding carboxylic acids is 2. The first-order chi connectivity index (χ1) is 9.36. The second kappa shape index (κ2) is 7.52. The van der Waals surface area contributed by atoms with Crippen LogP contribution in [0.3, 0.4) is 0 Å². The topological polar surface area (TPSA) is 86.7 Å². The molecule has 0 aromatic carbocycles. The molecule has 7 heteroatoms. The Morgan fingerprint density at radius 3 is 2.55 bits per heavy atom. The van der Waals surface area contributed by atoms with E-state index in [1.54, 1.807) is 6.92 Å². The summed E-state index contributed by atoms with van der Waals surface area (Å²) < 4.78 is 0. The molecule has 0 aromatic rings. The van der Waals surface area contributed by atoms with Crippen molar-refractivity contribution >= 4 is 29.5 Å². The van der Waals surface area contributed by atoms with Crippen LogP contribution in [0.15, 0.2) is 0 Å². The third-order valence-electron chi connectivity index (χ3n) is 3.13. The van der Waals surface area contributed by atoms with E-state index in [0.717, 1.165) is 0 Å². The van der Waals surface area contributed by atoms with Gasteiger partial charge in [0.1, 0.15) is 12.1 Å². The lowest BCUT2D eigenvalue weighted by atomic mass is 10.0. The normalized spacial score (nSPS) is 20.0. The van der Waals surface area contributed by atoms with Gasteiger partial charge in [0.25, 0.3) is 0 Å². The summed E-state index contributed by atoms with van der Waals surface area (Å²) in [5, 5.41) is 11.7. The summed E-state index contributed by atoms with van der Waals surface area (Å²) in [5.74, 6) is -0.303. The predicted molar refractivity (Wildman–Crippen MR) is 77.3 cm³/mol. The molecule has 0 aromatic heterocycles. The van der Waals surface area contributed by atoms with E-state index in [1.807, 2.05) is 13.8 Å². The molecule has 1 fully saturated rings. The minimum Gasteiger partial charge on any atom is -0.480 e. The first-order valence-electron chi connectivity index (χ1n) is 6.77. The zero-order valence-electron chi connectivity index (χ0n) is 12.1. The summed E-state index contributed by atoms with van der Waals surface area (Å²) in [4.78, 5) is 36.6. The average Bonchev–Trinajstić information content (AvgIpc) is 2.85. The molecule has 1 aliphatic rings. The van der Waals surface area contributed by atoms with Crippen molar-refractivity contribution in [2.75, 3.05) is 11.6 Å². The molecule has 1 saturated heterocycles. The van der Waals surface area contributed by atoms with Crippen LogP contribution >= 0.6 is 11.8 Å². The van der Waals surface area contributed by atoms with Crippen molar-refractivity contribution in [1.29, 1.82) is 0 Å². The molecule has 1 aliphatic heterocycles. The summed E-state index contributed by atoms with van der Waals surface area (Å²) in [7, 11) is 0. The summed E-state index contributed by atoms with van der Waals surface area (Å²) in [6.07, 6.45) is 0.724. The van der Waals surface area contributed by atoms with E-state index in [1.165, 1.54) is 16.7 Å². The smallest absolute Gasteiger partial charge is 0.326 e. The highest BCUT2D eigenvalue weighted by Gasteiger charge is 2.35. The van der Waals surface area contributed by atoms with Gasteiger partial charge >= 0.3 is 5.97 Å². The number of aliphatic carboxylic acids is 1. The van der Waals surface area contributed by atoms with E-state index in [-0.39, 0.29) is 17.7 Å². The van der Waals surface area contributed by atoms with Crippen molar-refractivity contribution < 1.29 is 19.5 Å². The molecule has 6 nitrogen and oxygen atoms in total. The molecule has 0 spiro atoms. The maximum Gasteiger partial charge on any atom is 0.326 e. The fraction of sp³-hybridized carbons (Fsp3) is 0.769. The van der Waals surface area contributed by atoms with Crippen molar-refractivity contribution in [3.8, 4) is 0 Å². The van der Waals surface area contributed by atoms with Gasteiger partial charge in [-0.25, -0.2) is 4.79 Å². The fourth-order valence-electron chi connectivity index (χ4n) is 2.07. The van der Waals surface area contributed by atoms with Crippen molar-refractivity contribution in [1.82, 2.24) is 10.2 Å². The molecule has 1 heterocycles. The number of nitrogens with one attached hydrogen (secondary N) is 1. The quantitative estimate of drug-likeness (QED) is 0.761. The lowest BCUT2D eigenvalue weighted by Gasteiger charge is -2.24. The van der Waals surface area contributed by atoms with Gasteiger partial charge in [-0.05, 0) is 12.3 Å². The number of hydrogen-bond acceptors (Lipinski definition) is 4. The molecule has 20 heavy (non-hydrogen) atoms. The Morgan fingerprint density at radius 1 is 1.40 bits per heavy atom. The highest BCUT2D eigenvalue weighted by Crippen LogP contribution is 2.22. The van der Waals surface area contributed by atoms with Crippen LogP contribution in [0.25, 0.3) is 0 Å². The summed E-state index contributed by atoms with van der Waals surface area (Å²) in [6, 6.07) is -1.45. The van der Waals surface area contributed by atoms with Crippen LogP contribution in [0.2, 0.25) is 0 Å². The highest BCUT2D eigenvalue weighted by molar-refractivity contribution is 7.99. The molecule has 2 N–H and O–H groups in total. The van der Waals surface area contributed by atoms with E-state index >= 15 is 0 Å². The minimum absolute atomic E-state index is 0.0779. The van der Waals surface area contributed by atoms with Gasteiger partial charge in [0.2, 0.25) is 11.8 Å². The van der Waals surface area contributed by atoms with Gasteiger partial charge in [-0.2, -0.15) is 0 Å². The molecular weight excluding hydrogens is 280 g/mol. The number of amides is 2. The minimum atomic E-state index is -1.04. The largest absolute Gasteiger partial charge is 0.480 e. The number of thioether (sulfide) groups is 1. The van der Waals surface area contributed by atoms with E-state index < -0.39 is 18.1 Å². The number of hydrogen-bond donors (Lipinski definition) is 2. The van der Waals surface area contributed by atoms with Crippen LogP contribution in [-0.4, -0.2) is 51.5 Å². The standard InChI is InChI=1S/C13H22N2O4S/c1-4-11(16)15-7-20-6-10(15)12(17)14-9(13(18)19)5-8(2)3/h8-10H,4-7H2,1-3H3,(H,14,17)(H,18,19). The molecular formula is C13H22N2O4S. The first kappa shape index (κ1) is 16.8. The van der Waals surface area contributed by atoms with E-state index in [4.69, 9.17) is 5.11 Å². The number of nitrogens with zero attached hydrogens (tertiary/aromatic N) is 1. The molecule has 0 aliphatic carbocycles. The van der Waals surface area contributed by atoms with Gasteiger partial charge in [-0.1, -0.05) is 20.8 Å². The van der Waals surface area contributed by atoms with Crippen molar-refractivity contribution in [2.24, 2.45) is 5.92 Å². The second-order valence-corrected chi connectivity index (χ2v) is 6.26. The van der Waals surface area contributed by atoms with Crippen LogP contribution in [0.4, 0.5) is 0 Å². The molecule has 2 atom stereocenters. The Hall–Kier alpha value is -1.24. The Kier molecular flexibility index (Phi) is 6.32. The lowest BCUT2D eigenvalue weighted by molar-refractivity contribution is -0.144. The predicted octanol–water partition coefficient (Wildman–Crippen LogP) is 0.913. The molecule has 2 unspecified atom stereocenters. The number of rotatable bonds is 6. The maximum absolute atomic E-state index is 12.2. The van der Waals surface area contributed by atoms with Gasteiger partial charge in [0, 0.05) is 12.2 Å². The van der Waals surface area contributed by atoms with Crippen molar-refractivity contribution in [2.45, 2.75) is 45.7 Å². The zero-order chi connectivity index (χ0) is 15.3. The van der Waals surface area contributed by atoms with Gasteiger partial charge in [0.15, 0.2) is 0 Å². The van der Waals surface area contributed by atoms with Gasteiger partial charge in [-0.15, -0.1) is 11.8 Å². The lowest BCUT2D eigenvalue weighted by Crippen LogP contribution is -2.52. The van der Waals surface area contributed by atoms with E-state index in [2.05, 4.69) is 5.32 Å². The highest BCUT2D eigenvalue weighted by atomic mass is 32.2. The second-order valence-electron chi connectivity index (χ2n) is 5.26. The van der Waals surface area contributed by atoms with Gasteiger partial charge in [-0.3, -0.25) is 9.59 Å². The van der Waals surface area contributed by atoms with Gasteiger partial charge in [0.05, 0.1) is 5.88 Å². The monoisotopic (exact) mass is 302 g/mol. The van der Waals surface area contributed by atoms with Crippen molar-refractivity contribution in [3.63, 3.8) is 0 Å². The zero-order valence-corrected chi connectivity index (χ0v) is 12.9. The molecule has 0 radical (unpaired) electrons. The molecule has 1 rings (SSSR count). The molecule has 0 saturated carbocycles. The van der Waals surface area contributed by atoms with Crippen molar-refractivity contribution in [3.05, 3.63) is 0 Å². The van der Waals surface area contributed by atoms with E-state index in [0.29, 0.717) is 24.5 Å². The van der Waals surface area contributed by atoms with Crippen LogP contribution in [0, 0.1) is 5.92 Å². The van der Waals surface area contributed by atoms with E-state index in [9.17, 15) is 14.4 Å². The third-order valence-corrected chi connectivity index (χ3v) is 4.14.